The molecule has 106 valence electrons. The van der Waals surface area contributed by atoms with Gasteiger partial charge in [0.1, 0.15) is 12.2 Å². The average molecular weight is 377 g/mol. The zero-order valence-electron chi connectivity index (χ0n) is 11.3. The predicted molar refractivity (Wildman–Crippen MR) is 82.9 cm³/mol. The maximum Gasteiger partial charge on any atom is 0.404 e. The molecular formula is C14H20INO3. The summed E-state index contributed by atoms with van der Waals surface area (Å²) in [6.07, 6.45) is 1.34. The third-order valence-electron chi connectivity index (χ3n) is 2.91. The number of carbonyl (C=O) groups excluding carboxylic acids is 1. The Bertz CT molecular complexity index is 411. The van der Waals surface area contributed by atoms with E-state index < -0.39 is 6.09 Å². The lowest BCUT2D eigenvalue weighted by atomic mass is 10.00. The smallest absolute Gasteiger partial charge is 0.404 e. The first-order valence-corrected chi connectivity index (χ1v) is 7.41. The number of hydrogen-bond acceptors (Lipinski definition) is 3. The Hall–Kier alpha value is -0.820. The highest BCUT2D eigenvalue weighted by atomic mass is 127. The molecule has 0 spiro atoms. The summed E-state index contributed by atoms with van der Waals surface area (Å²) in [5.41, 5.74) is 6.18. The number of primary amides is 1. The van der Waals surface area contributed by atoms with Crippen LogP contribution in [0.3, 0.4) is 0 Å². The summed E-state index contributed by atoms with van der Waals surface area (Å²) in [6, 6.07) is 7.90. The Balaban J connectivity index is 2.94. The molecule has 0 aliphatic heterocycles. The fourth-order valence-corrected chi connectivity index (χ4v) is 2.71. The van der Waals surface area contributed by atoms with E-state index in [1.54, 1.807) is 7.11 Å². The summed E-state index contributed by atoms with van der Waals surface area (Å²) in [7, 11) is 1.62. The fourth-order valence-electron chi connectivity index (χ4n) is 2.01. The molecular weight excluding hydrogens is 357 g/mol. The van der Waals surface area contributed by atoms with Gasteiger partial charge in [-0.1, -0.05) is 31.5 Å². The van der Waals surface area contributed by atoms with Crippen molar-refractivity contribution in [3.8, 4) is 0 Å². The van der Waals surface area contributed by atoms with Gasteiger partial charge in [-0.05, 0) is 47.1 Å². The SMILES string of the molecule is CCCC[C@@H](OC(N)=O)[C@H](OC)c1ccccc1I. The number of carbonyl (C=O) groups is 1. The van der Waals surface area contributed by atoms with Gasteiger partial charge in [-0.2, -0.15) is 0 Å². The van der Waals surface area contributed by atoms with Crippen molar-refractivity contribution < 1.29 is 14.3 Å². The minimum atomic E-state index is -0.755. The van der Waals surface area contributed by atoms with Crippen molar-refractivity contribution in [2.24, 2.45) is 5.73 Å². The van der Waals surface area contributed by atoms with Gasteiger partial charge in [-0.25, -0.2) is 4.79 Å². The molecule has 19 heavy (non-hydrogen) atoms. The van der Waals surface area contributed by atoms with Crippen molar-refractivity contribution in [2.75, 3.05) is 7.11 Å². The van der Waals surface area contributed by atoms with Gasteiger partial charge in [0, 0.05) is 10.7 Å². The van der Waals surface area contributed by atoms with E-state index in [4.69, 9.17) is 15.2 Å². The molecule has 0 aliphatic carbocycles. The van der Waals surface area contributed by atoms with Crippen LogP contribution >= 0.6 is 22.6 Å². The van der Waals surface area contributed by atoms with Crippen molar-refractivity contribution in [3.05, 3.63) is 33.4 Å². The molecule has 5 heteroatoms. The van der Waals surface area contributed by atoms with E-state index in [0.29, 0.717) is 0 Å². The summed E-state index contributed by atoms with van der Waals surface area (Å²) in [6.45, 7) is 2.09. The molecule has 1 rings (SSSR count). The first kappa shape index (κ1) is 16.2. The Morgan fingerprint density at radius 1 is 1.42 bits per heavy atom. The van der Waals surface area contributed by atoms with Gasteiger partial charge in [-0.15, -0.1) is 0 Å². The van der Waals surface area contributed by atoms with Gasteiger partial charge >= 0.3 is 6.09 Å². The van der Waals surface area contributed by atoms with E-state index in [9.17, 15) is 4.79 Å². The number of unbranched alkanes of at least 4 members (excludes halogenated alkanes) is 1. The summed E-state index contributed by atoms with van der Waals surface area (Å²) in [4.78, 5) is 11.1. The second-order valence-electron chi connectivity index (χ2n) is 4.30. The molecule has 1 aromatic rings. The van der Waals surface area contributed by atoms with Crippen LogP contribution in [0.5, 0.6) is 0 Å². The fraction of sp³-hybridized carbons (Fsp3) is 0.500. The molecule has 2 N–H and O–H groups in total. The topological polar surface area (TPSA) is 61.5 Å². The molecule has 4 nitrogen and oxygen atoms in total. The van der Waals surface area contributed by atoms with E-state index in [1.165, 1.54) is 0 Å². The number of hydrogen-bond donors (Lipinski definition) is 1. The zero-order chi connectivity index (χ0) is 14.3. The Morgan fingerprint density at radius 2 is 2.11 bits per heavy atom. The lowest BCUT2D eigenvalue weighted by Crippen LogP contribution is -2.30. The van der Waals surface area contributed by atoms with E-state index >= 15 is 0 Å². The number of ether oxygens (including phenoxy) is 2. The van der Waals surface area contributed by atoms with Crippen LogP contribution in [0.1, 0.15) is 37.9 Å². The number of nitrogens with two attached hydrogens (primary N) is 1. The van der Waals surface area contributed by atoms with Crippen molar-refractivity contribution in [1.29, 1.82) is 0 Å². The van der Waals surface area contributed by atoms with Crippen LogP contribution in [-0.4, -0.2) is 19.3 Å². The van der Waals surface area contributed by atoms with E-state index in [1.807, 2.05) is 24.3 Å². The lowest BCUT2D eigenvalue weighted by Gasteiger charge is -2.26. The quantitative estimate of drug-likeness (QED) is 0.739. The standard InChI is InChI=1S/C14H20INO3/c1-3-4-9-12(19-14(16)17)13(18-2)10-7-5-6-8-11(10)15/h5-8,12-13H,3-4,9H2,1-2H3,(H2,16,17)/t12-,13-/m1/s1. The maximum absolute atomic E-state index is 11.1. The van der Waals surface area contributed by atoms with Crippen molar-refractivity contribution in [3.63, 3.8) is 0 Å². The van der Waals surface area contributed by atoms with Crippen LogP contribution in [-0.2, 0) is 9.47 Å². The van der Waals surface area contributed by atoms with Gasteiger partial charge in [-0.3, -0.25) is 0 Å². The lowest BCUT2D eigenvalue weighted by molar-refractivity contribution is -0.0261. The predicted octanol–water partition coefficient (Wildman–Crippen LogP) is 3.63. The average Bonchev–Trinajstić information content (AvgIpc) is 2.38. The van der Waals surface area contributed by atoms with Crippen LogP contribution in [0.2, 0.25) is 0 Å². The van der Waals surface area contributed by atoms with Crippen LogP contribution < -0.4 is 5.73 Å². The molecule has 0 radical (unpaired) electrons. The maximum atomic E-state index is 11.1. The van der Waals surface area contributed by atoms with Crippen LogP contribution in [0.25, 0.3) is 0 Å². The number of amides is 1. The zero-order valence-corrected chi connectivity index (χ0v) is 13.4. The minimum Gasteiger partial charge on any atom is -0.443 e. The van der Waals surface area contributed by atoms with Crippen molar-refractivity contribution in [2.45, 2.75) is 38.4 Å². The number of benzene rings is 1. The van der Waals surface area contributed by atoms with E-state index in [2.05, 4.69) is 29.5 Å². The molecule has 1 aromatic carbocycles. The van der Waals surface area contributed by atoms with Gasteiger partial charge < -0.3 is 15.2 Å². The highest BCUT2D eigenvalue weighted by Gasteiger charge is 2.27. The number of rotatable bonds is 7. The summed E-state index contributed by atoms with van der Waals surface area (Å²) < 4.78 is 11.8. The molecule has 1 amide bonds. The molecule has 0 aliphatic rings. The van der Waals surface area contributed by atoms with Crippen molar-refractivity contribution >= 4 is 28.7 Å². The van der Waals surface area contributed by atoms with Crippen LogP contribution in [0.15, 0.2) is 24.3 Å². The van der Waals surface area contributed by atoms with Gasteiger partial charge in [0.25, 0.3) is 0 Å². The molecule has 0 saturated heterocycles. The van der Waals surface area contributed by atoms with Crippen LogP contribution in [0.4, 0.5) is 4.79 Å². The molecule has 2 atom stereocenters. The largest absolute Gasteiger partial charge is 0.443 e. The molecule has 0 aromatic heterocycles. The highest BCUT2D eigenvalue weighted by Crippen LogP contribution is 2.29. The molecule has 0 bridgehead atoms. The Kier molecular flexibility index (Phi) is 7.15. The van der Waals surface area contributed by atoms with Gasteiger partial charge in [0.15, 0.2) is 0 Å². The van der Waals surface area contributed by atoms with E-state index in [0.717, 1.165) is 28.4 Å². The third-order valence-corrected chi connectivity index (χ3v) is 3.90. The summed E-state index contributed by atoms with van der Waals surface area (Å²) in [5.74, 6) is 0. The van der Waals surface area contributed by atoms with Crippen LogP contribution in [0, 0.1) is 3.57 Å². The monoisotopic (exact) mass is 377 g/mol. The Labute approximate surface area is 127 Å². The highest BCUT2D eigenvalue weighted by molar-refractivity contribution is 14.1. The minimum absolute atomic E-state index is 0.285. The molecule has 0 heterocycles. The summed E-state index contributed by atoms with van der Waals surface area (Å²) >= 11 is 2.25. The first-order valence-electron chi connectivity index (χ1n) is 6.33. The Morgan fingerprint density at radius 3 is 2.63 bits per heavy atom. The van der Waals surface area contributed by atoms with E-state index in [-0.39, 0.29) is 12.2 Å². The second-order valence-corrected chi connectivity index (χ2v) is 5.46. The molecule has 0 unspecified atom stereocenters. The molecule has 0 saturated carbocycles. The number of halogens is 1. The third kappa shape index (κ3) is 4.99. The normalized spacial score (nSPS) is 13.8. The number of methoxy groups -OCH3 is 1. The molecule has 0 fully saturated rings. The summed E-state index contributed by atoms with van der Waals surface area (Å²) in [5, 5.41) is 0. The van der Waals surface area contributed by atoms with Crippen molar-refractivity contribution in [1.82, 2.24) is 0 Å². The first-order chi connectivity index (χ1) is 9.10. The van der Waals surface area contributed by atoms with Gasteiger partial charge in [0.2, 0.25) is 0 Å². The van der Waals surface area contributed by atoms with Gasteiger partial charge in [0.05, 0.1) is 0 Å². The second kappa shape index (κ2) is 8.37.